The van der Waals surface area contributed by atoms with Crippen molar-refractivity contribution in [2.75, 3.05) is 21.1 Å². The SMILES string of the molecule is CN/C(=N/C(=O)NC1CCCCC1)N(C)C. The fourth-order valence-electron chi connectivity index (χ4n) is 1.93. The lowest BCUT2D eigenvalue weighted by Crippen LogP contribution is -2.39. The summed E-state index contributed by atoms with van der Waals surface area (Å²) in [6, 6.07) is 0.0650. The number of hydrogen-bond acceptors (Lipinski definition) is 1. The normalized spacial score (nSPS) is 18.1. The van der Waals surface area contributed by atoms with Crippen molar-refractivity contribution in [3.05, 3.63) is 0 Å². The van der Waals surface area contributed by atoms with Gasteiger partial charge in [0, 0.05) is 27.2 Å². The third kappa shape index (κ3) is 4.08. The Morgan fingerprint density at radius 1 is 1.25 bits per heavy atom. The number of guanidine groups is 1. The molecule has 0 aromatic carbocycles. The molecule has 1 fully saturated rings. The molecule has 0 unspecified atom stereocenters. The fourth-order valence-corrected chi connectivity index (χ4v) is 1.93. The number of nitrogens with one attached hydrogen (secondary N) is 2. The Morgan fingerprint density at radius 2 is 1.88 bits per heavy atom. The van der Waals surface area contributed by atoms with Gasteiger partial charge in [-0.2, -0.15) is 4.99 Å². The van der Waals surface area contributed by atoms with E-state index in [2.05, 4.69) is 15.6 Å². The van der Waals surface area contributed by atoms with Gasteiger partial charge in [0.05, 0.1) is 0 Å². The first kappa shape index (κ1) is 12.8. The molecule has 2 amide bonds. The lowest BCUT2D eigenvalue weighted by Gasteiger charge is -2.22. The highest BCUT2D eigenvalue weighted by atomic mass is 16.2. The van der Waals surface area contributed by atoms with E-state index in [4.69, 9.17) is 0 Å². The summed E-state index contributed by atoms with van der Waals surface area (Å²) in [5.74, 6) is 0.577. The van der Waals surface area contributed by atoms with Gasteiger partial charge in [0.2, 0.25) is 5.96 Å². The number of carbonyl (C=O) groups excluding carboxylic acids is 1. The topological polar surface area (TPSA) is 56.7 Å². The van der Waals surface area contributed by atoms with Crippen LogP contribution in [0.1, 0.15) is 32.1 Å². The number of nitrogens with zero attached hydrogens (tertiary/aromatic N) is 2. The van der Waals surface area contributed by atoms with Gasteiger partial charge in [0.1, 0.15) is 0 Å². The quantitative estimate of drug-likeness (QED) is 0.521. The van der Waals surface area contributed by atoms with Gasteiger partial charge in [0.25, 0.3) is 0 Å². The Hall–Kier alpha value is -1.26. The van der Waals surface area contributed by atoms with Crippen molar-refractivity contribution in [2.45, 2.75) is 38.1 Å². The van der Waals surface area contributed by atoms with E-state index in [1.54, 1.807) is 11.9 Å². The number of carbonyl (C=O) groups is 1. The minimum Gasteiger partial charge on any atom is -0.359 e. The van der Waals surface area contributed by atoms with Gasteiger partial charge in [0.15, 0.2) is 0 Å². The van der Waals surface area contributed by atoms with Gasteiger partial charge in [-0.3, -0.25) is 0 Å². The Bertz CT molecular complexity index is 257. The van der Waals surface area contributed by atoms with Crippen LogP contribution in [0.5, 0.6) is 0 Å². The van der Waals surface area contributed by atoms with Crippen molar-refractivity contribution in [3.63, 3.8) is 0 Å². The van der Waals surface area contributed by atoms with Crippen molar-refractivity contribution >= 4 is 12.0 Å². The second kappa shape index (κ2) is 6.35. The molecular weight excluding hydrogens is 204 g/mol. The van der Waals surface area contributed by atoms with Crippen molar-refractivity contribution < 1.29 is 4.79 Å². The number of amides is 2. The molecule has 0 bridgehead atoms. The van der Waals surface area contributed by atoms with E-state index in [0.29, 0.717) is 12.0 Å². The van der Waals surface area contributed by atoms with Crippen LogP contribution in [0.4, 0.5) is 4.79 Å². The monoisotopic (exact) mass is 226 g/mol. The van der Waals surface area contributed by atoms with Crippen LogP contribution in [-0.2, 0) is 0 Å². The zero-order valence-electron chi connectivity index (χ0n) is 10.4. The molecular formula is C11H22N4O. The molecule has 0 heterocycles. The molecule has 0 aromatic heterocycles. The second-order valence-electron chi connectivity index (χ2n) is 4.36. The summed E-state index contributed by atoms with van der Waals surface area (Å²) < 4.78 is 0. The van der Waals surface area contributed by atoms with Crippen LogP contribution in [0.2, 0.25) is 0 Å². The van der Waals surface area contributed by atoms with Gasteiger partial charge in [-0.05, 0) is 12.8 Å². The van der Waals surface area contributed by atoms with Crippen LogP contribution in [0.3, 0.4) is 0 Å². The van der Waals surface area contributed by atoms with Crippen molar-refractivity contribution in [3.8, 4) is 0 Å². The molecule has 0 saturated heterocycles. The molecule has 92 valence electrons. The van der Waals surface area contributed by atoms with E-state index in [-0.39, 0.29) is 6.03 Å². The van der Waals surface area contributed by atoms with E-state index in [9.17, 15) is 4.79 Å². The minimum absolute atomic E-state index is 0.245. The Balaban J connectivity index is 2.44. The summed E-state index contributed by atoms with van der Waals surface area (Å²) in [6.45, 7) is 0. The molecule has 5 heteroatoms. The number of aliphatic imine (C=N–C) groups is 1. The average molecular weight is 226 g/mol. The van der Waals surface area contributed by atoms with Gasteiger partial charge >= 0.3 is 6.03 Å². The molecule has 1 rings (SSSR count). The molecule has 1 aliphatic rings. The fraction of sp³-hybridized carbons (Fsp3) is 0.818. The van der Waals surface area contributed by atoms with E-state index in [1.807, 2.05) is 14.1 Å². The summed E-state index contributed by atoms with van der Waals surface area (Å²) in [5.41, 5.74) is 0. The lowest BCUT2D eigenvalue weighted by molar-refractivity contribution is 0.241. The molecule has 2 N–H and O–H groups in total. The number of urea groups is 1. The summed E-state index contributed by atoms with van der Waals surface area (Å²) in [6.07, 6.45) is 5.87. The van der Waals surface area contributed by atoms with Crippen LogP contribution >= 0.6 is 0 Å². The van der Waals surface area contributed by atoms with Crippen LogP contribution in [0.25, 0.3) is 0 Å². The maximum atomic E-state index is 11.6. The first-order chi connectivity index (χ1) is 7.63. The maximum Gasteiger partial charge on any atom is 0.344 e. The molecule has 0 aromatic rings. The Labute approximate surface area is 97.3 Å². The molecule has 0 atom stereocenters. The van der Waals surface area contributed by atoms with Crippen molar-refractivity contribution in [1.82, 2.24) is 15.5 Å². The highest BCUT2D eigenvalue weighted by Gasteiger charge is 2.15. The molecule has 0 spiro atoms. The molecule has 0 radical (unpaired) electrons. The van der Waals surface area contributed by atoms with Gasteiger partial charge in [-0.1, -0.05) is 19.3 Å². The van der Waals surface area contributed by atoms with Crippen LogP contribution in [-0.4, -0.2) is 44.1 Å². The van der Waals surface area contributed by atoms with E-state index < -0.39 is 0 Å². The van der Waals surface area contributed by atoms with Gasteiger partial charge in [-0.25, -0.2) is 4.79 Å². The Morgan fingerprint density at radius 3 is 2.38 bits per heavy atom. The average Bonchev–Trinajstić information content (AvgIpc) is 2.27. The zero-order valence-corrected chi connectivity index (χ0v) is 10.4. The lowest BCUT2D eigenvalue weighted by atomic mass is 9.96. The van der Waals surface area contributed by atoms with Crippen LogP contribution in [0, 0.1) is 0 Å². The van der Waals surface area contributed by atoms with Crippen LogP contribution in [0.15, 0.2) is 4.99 Å². The number of rotatable bonds is 1. The standard InChI is InChI=1S/C11H22N4O/c1-12-10(15(2)3)14-11(16)13-9-7-5-4-6-8-9/h9H,4-8H2,1-3H3,(H2,12,13,14,16). The molecule has 5 nitrogen and oxygen atoms in total. The van der Waals surface area contributed by atoms with Gasteiger partial charge < -0.3 is 15.5 Å². The highest BCUT2D eigenvalue weighted by Crippen LogP contribution is 2.17. The van der Waals surface area contributed by atoms with Crippen molar-refractivity contribution in [2.24, 2.45) is 4.99 Å². The zero-order chi connectivity index (χ0) is 12.0. The second-order valence-corrected chi connectivity index (χ2v) is 4.36. The maximum absolute atomic E-state index is 11.6. The first-order valence-electron chi connectivity index (χ1n) is 5.87. The highest BCUT2D eigenvalue weighted by molar-refractivity contribution is 5.92. The first-order valence-corrected chi connectivity index (χ1v) is 5.87. The molecule has 0 aliphatic heterocycles. The molecule has 1 saturated carbocycles. The smallest absolute Gasteiger partial charge is 0.344 e. The largest absolute Gasteiger partial charge is 0.359 e. The van der Waals surface area contributed by atoms with Gasteiger partial charge in [-0.15, -0.1) is 0 Å². The minimum atomic E-state index is -0.245. The van der Waals surface area contributed by atoms with Crippen LogP contribution < -0.4 is 10.6 Å². The predicted octanol–water partition coefficient (Wildman–Crippen LogP) is 1.17. The number of hydrogen-bond donors (Lipinski definition) is 2. The third-order valence-corrected chi connectivity index (χ3v) is 2.79. The summed E-state index contributed by atoms with van der Waals surface area (Å²) >= 11 is 0. The summed E-state index contributed by atoms with van der Waals surface area (Å²) in [7, 11) is 5.46. The summed E-state index contributed by atoms with van der Waals surface area (Å²) in [5, 5.41) is 5.83. The Kier molecular flexibility index (Phi) is 5.08. The predicted molar refractivity (Wildman–Crippen MR) is 65.6 cm³/mol. The van der Waals surface area contributed by atoms with E-state index in [0.717, 1.165) is 12.8 Å². The van der Waals surface area contributed by atoms with E-state index >= 15 is 0 Å². The summed E-state index contributed by atoms with van der Waals surface area (Å²) in [4.78, 5) is 17.4. The third-order valence-electron chi connectivity index (χ3n) is 2.79. The molecule has 16 heavy (non-hydrogen) atoms. The molecule has 1 aliphatic carbocycles. The van der Waals surface area contributed by atoms with E-state index in [1.165, 1.54) is 19.3 Å². The van der Waals surface area contributed by atoms with Crippen molar-refractivity contribution in [1.29, 1.82) is 0 Å².